The lowest BCUT2D eigenvalue weighted by Gasteiger charge is -2.66. The molecule has 2 aromatic carbocycles. The summed E-state index contributed by atoms with van der Waals surface area (Å²) in [6.07, 6.45) is 9.30. The average Bonchev–Trinajstić information content (AvgIpc) is 3.54. The van der Waals surface area contributed by atoms with E-state index in [0.29, 0.717) is 29.3 Å². The van der Waals surface area contributed by atoms with Gasteiger partial charge in [0, 0.05) is 36.2 Å². The van der Waals surface area contributed by atoms with Gasteiger partial charge < -0.3 is 4.90 Å². The van der Waals surface area contributed by atoms with Gasteiger partial charge >= 0.3 is 0 Å². The van der Waals surface area contributed by atoms with E-state index in [4.69, 9.17) is 0 Å². The van der Waals surface area contributed by atoms with E-state index >= 15 is 0 Å². The molecule has 2 aromatic rings. The number of carbonyl (C=O) groups is 1. The summed E-state index contributed by atoms with van der Waals surface area (Å²) in [4.78, 5) is 18.9. The van der Waals surface area contributed by atoms with E-state index in [1.165, 1.54) is 58.0 Å². The predicted molar refractivity (Wildman–Crippen MR) is 129 cm³/mol. The highest BCUT2D eigenvalue weighted by Crippen LogP contribution is 2.75. The second-order valence-electron chi connectivity index (χ2n) is 12.1. The van der Waals surface area contributed by atoms with Crippen LogP contribution < -0.4 is 0 Å². The van der Waals surface area contributed by atoms with Crippen LogP contribution in [0.1, 0.15) is 60.0 Å². The fourth-order valence-corrected chi connectivity index (χ4v) is 9.90. The van der Waals surface area contributed by atoms with Gasteiger partial charge in [-0.3, -0.25) is 9.69 Å². The highest BCUT2D eigenvalue weighted by molar-refractivity contribution is 5.94. The fourth-order valence-electron chi connectivity index (χ4n) is 9.90. The van der Waals surface area contributed by atoms with Gasteiger partial charge in [-0.05, 0) is 97.9 Å². The molecule has 0 radical (unpaired) electrons. The van der Waals surface area contributed by atoms with Gasteiger partial charge in [-0.1, -0.05) is 42.5 Å². The summed E-state index contributed by atoms with van der Waals surface area (Å²) in [6, 6.07) is 20.6. The van der Waals surface area contributed by atoms with Crippen molar-refractivity contribution in [3.8, 4) is 0 Å². The third-order valence-corrected chi connectivity index (χ3v) is 11.0. The van der Waals surface area contributed by atoms with E-state index in [1.54, 1.807) is 11.1 Å². The van der Waals surface area contributed by atoms with E-state index in [9.17, 15) is 4.79 Å². The summed E-state index contributed by atoms with van der Waals surface area (Å²) in [6.45, 7) is 3.58. The molecule has 2 aliphatic heterocycles. The maximum absolute atomic E-state index is 13.6. The minimum absolute atomic E-state index is 0.269. The molecule has 170 valence electrons. The van der Waals surface area contributed by atoms with Gasteiger partial charge in [0.15, 0.2) is 0 Å². The van der Waals surface area contributed by atoms with Gasteiger partial charge in [-0.25, -0.2) is 0 Å². The van der Waals surface area contributed by atoms with Crippen LogP contribution in [0.3, 0.4) is 0 Å². The first-order chi connectivity index (χ1) is 16.2. The number of likely N-dealkylation sites (tertiary alicyclic amines) is 2. The maximum Gasteiger partial charge on any atom is 0.254 e. The third-order valence-electron chi connectivity index (χ3n) is 11.0. The minimum Gasteiger partial charge on any atom is -0.335 e. The van der Waals surface area contributed by atoms with Crippen LogP contribution in [0.2, 0.25) is 0 Å². The van der Waals surface area contributed by atoms with Gasteiger partial charge in [0.25, 0.3) is 5.91 Å². The Morgan fingerprint density at radius 2 is 1.79 bits per heavy atom. The Bertz CT molecular complexity index is 1130. The molecule has 4 bridgehead atoms. The van der Waals surface area contributed by atoms with Crippen molar-refractivity contribution in [3.63, 3.8) is 0 Å². The van der Waals surface area contributed by atoms with Crippen LogP contribution in [-0.4, -0.2) is 47.4 Å². The summed E-state index contributed by atoms with van der Waals surface area (Å²) >= 11 is 0. The largest absolute Gasteiger partial charge is 0.335 e. The second kappa shape index (κ2) is 6.50. The molecule has 2 saturated heterocycles. The zero-order valence-electron chi connectivity index (χ0n) is 19.5. The van der Waals surface area contributed by atoms with Crippen LogP contribution in [0.15, 0.2) is 54.6 Å². The Morgan fingerprint density at radius 3 is 2.64 bits per heavy atom. The lowest BCUT2D eigenvalue weighted by atomic mass is 9.43. The lowest BCUT2D eigenvalue weighted by Crippen LogP contribution is -2.69. The van der Waals surface area contributed by atoms with Crippen molar-refractivity contribution in [2.75, 3.05) is 19.6 Å². The first kappa shape index (κ1) is 19.2. The zero-order valence-corrected chi connectivity index (χ0v) is 19.5. The molecule has 0 N–H and O–H groups in total. The quantitative estimate of drug-likeness (QED) is 0.680. The number of piperidine rings is 1. The van der Waals surface area contributed by atoms with E-state index < -0.39 is 0 Å². The first-order valence-corrected chi connectivity index (χ1v) is 13.4. The van der Waals surface area contributed by atoms with Crippen LogP contribution in [-0.2, 0) is 11.8 Å². The predicted octanol–water partition coefficient (Wildman–Crippen LogP) is 4.91. The Balaban J connectivity index is 1.24. The maximum atomic E-state index is 13.6. The van der Waals surface area contributed by atoms with Crippen molar-refractivity contribution in [3.05, 3.63) is 71.3 Å². The van der Waals surface area contributed by atoms with Gasteiger partial charge in [0.2, 0.25) is 0 Å². The molecule has 3 nitrogen and oxygen atoms in total. The Hall–Kier alpha value is -2.13. The van der Waals surface area contributed by atoms with E-state index in [1.807, 2.05) is 30.3 Å². The molecule has 4 aliphatic carbocycles. The molecule has 0 aromatic heterocycles. The molecule has 33 heavy (non-hydrogen) atoms. The number of rotatable bonds is 3. The van der Waals surface area contributed by atoms with Crippen LogP contribution in [0.4, 0.5) is 0 Å². The number of nitrogens with zero attached hydrogens (tertiary/aromatic N) is 2. The first-order valence-electron chi connectivity index (χ1n) is 13.4. The highest BCUT2D eigenvalue weighted by atomic mass is 16.2. The number of carbonyl (C=O) groups excluding carboxylic acids is 1. The molecular formula is C30H34N2O. The van der Waals surface area contributed by atoms with Crippen molar-refractivity contribution < 1.29 is 4.79 Å². The van der Waals surface area contributed by atoms with Crippen molar-refractivity contribution in [1.82, 2.24) is 9.80 Å². The Kier molecular flexibility index (Phi) is 3.79. The van der Waals surface area contributed by atoms with Gasteiger partial charge in [0.05, 0.1) is 0 Å². The van der Waals surface area contributed by atoms with Crippen molar-refractivity contribution in [2.45, 2.75) is 62.4 Å². The molecule has 3 heteroatoms. The molecule has 6 aliphatic rings. The number of benzene rings is 2. The Labute approximate surface area is 197 Å². The smallest absolute Gasteiger partial charge is 0.254 e. The number of fused-ring (bicyclic) bond motifs is 1. The van der Waals surface area contributed by atoms with Crippen LogP contribution in [0.25, 0.3) is 0 Å². The van der Waals surface area contributed by atoms with Crippen LogP contribution >= 0.6 is 0 Å². The molecule has 1 amide bonds. The van der Waals surface area contributed by atoms with E-state index in [0.717, 1.165) is 18.0 Å². The average molecular weight is 439 g/mol. The van der Waals surface area contributed by atoms with Crippen molar-refractivity contribution >= 4 is 5.91 Å². The van der Waals surface area contributed by atoms with Crippen molar-refractivity contribution in [1.29, 1.82) is 0 Å². The molecular weight excluding hydrogens is 404 g/mol. The van der Waals surface area contributed by atoms with Crippen LogP contribution in [0, 0.1) is 23.2 Å². The standard InChI is InChI=1S/C30H34N2O/c33-28(21-6-2-1-3-7-21)32-19-23-17-29-13-12-25(32)27(23)30(29)14-15-31(18-20-10-11-20)26(29)16-22-8-4-5-9-24(22)30/h1-9,20,23,25-27H,10-19H2/t23-,25-,26-,27-,29-,30+/m1/s1. The minimum atomic E-state index is 0.269. The fraction of sp³-hybridized carbons (Fsp3) is 0.567. The lowest BCUT2D eigenvalue weighted by molar-refractivity contribution is -0.102. The normalized spacial score (nSPS) is 40.4. The molecule has 8 rings (SSSR count). The van der Waals surface area contributed by atoms with Crippen LogP contribution in [0.5, 0.6) is 0 Å². The molecule has 0 unspecified atom stereocenters. The van der Waals surface area contributed by atoms with Gasteiger partial charge in [-0.2, -0.15) is 0 Å². The SMILES string of the molecule is O=C(c1ccccc1)N1C[C@H]2C[C@@]34CC[C@@H]1[C@@H]2[C@@]31CCN(CC2CC2)[C@@H]4Cc2ccccc21. The van der Waals surface area contributed by atoms with Crippen molar-refractivity contribution in [2.24, 2.45) is 23.2 Å². The number of amides is 1. The summed E-state index contributed by atoms with van der Waals surface area (Å²) < 4.78 is 0. The van der Waals surface area contributed by atoms with E-state index in [2.05, 4.69) is 34.1 Å². The summed E-state index contributed by atoms with van der Waals surface area (Å²) in [5, 5.41) is 0. The molecule has 3 saturated carbocycles. The topological polar surface area (TPSA) is 23.6 Å². The second-order valence-corrected chi connectivity index (χ2v) is 12.1. The molecule has 2 heterocycles. The number of hydrogen-bond donors (Lipinski definition) is 0. The van der Waals surface area contributed by atoms with Gasteiger partial charge in [-0.15, -0.1) is 0 Å². The van der Waals surface area contributed by atoms with Gasteiger partial charge in [0.1, 0.15) is 0 Å². The summed E-state index contributed by atoms with van der Waals surface area (Å²) in [5.41, 5.74) is 4.88. The summed E-state index contributed by atoms with van der Waals surface area (Å²) in [7, 11) is 0. The van der Waals surface area contributed by atoms with E-state index in [-0.39, 0.29) is 11.3 Å². The monoisotopic (exact) mass is 438 g/mol. The molecule has 6 atom stereocenters. The summed E-state index contributed by atoms with van der Waals surface area (Å²) in [5.74, 6) is 2.54. The molecule has 0 spiro atoms. The Morgan fingerprint density at radius 1 is 0.970 bits per heavy atom. The highest BCUT2D eigenvalue weighted by Gasteiger charge is 2.76. The molecule has 5 fully saturated rings. The third kappa shape index (κ3) is 2.33. The number of hydrogen-bond acceptors (Lipinski definition) is 2. The zero-order chi connectivity index (χ0) is 21.8.